The SMILES string of the molecule is COc1cc2c(Nc3cc(O[SiH2]C(C)(C)C(c4ccccc4)c4ccccc4)c(Cl)cc3F)ncnc2cc1O. The van der Waals surface area contributed by atoms with Crippen LogP contribution in [-0.2, 0) is 0 Å². The van der Waals surface area contributed by atoms with Crippen molar-refractivity contribution in [2.24, 2.45) is 0 Å². The van der Waals surface area contributed by atoms with Gasteiger partial charge in [0.1, 0.15) is 23.7 Å². The maximum Gasteiger partial charge on any atom is 0.226 e. The molecule has 0 radical (unpaired) electrons. The fourth-order valence-corrected chi connectivity index (χ4v) is 6.63. The first-order valence-corrected chi connectivity index (χ1v) is 14.4. The van der Waals surface area contributed by atoms with E-state index in [1.807, 2.05) is 36.4 Å². The number of methoxy groups -OCH3 is 1. The number of anilines is 2. The van der Waals surface area contributed by atoms with Gasteiger partial charge in [0.2, 0.25) is 9.76 Å². The molecule has 0 aliphatic carbocycles. The number of hydrogen-bond donors (Lipinski definition) is 2. The number of ether oxygens (including phenoxy) is 1. The van der Waals surface area contributed by atoms with Gasteiger partial charge in [-0.1, -0.05) is 86.1 Å². The molecule has 0 saturated heterocycles. The molecule has 6 nitrogen and oxygen atoms in total. The van der Waals surface area contributed by atoms with Crippen LogP contribution in [0.3, 0.4) is 0 Å². The molecule has 0 atom stereocenters. The first-order chi connectivity index (χ1) is 19.3. The normalized spacial score (nSPS) is 11.8. The number of benzene rings is 4. The molecule has 1 heterocycles. The van der Waals surface area contributed by atoms with Gasteiger partial charge in [-0.2, -0.15) is 0 Å². The molecule has 9 heteroatoms. The Kier molecular flexibility index (Phi) is 7.91. The molecular formula is C31H29ClFN3O3Si. The molecule has 0 fully saturated rings. The van der Waals surface area contributed by atoms with Crippen LogP contribution in [0.15, 0.2) is 91.3 Å². The standard InChI is InChI=1S/C31H29ClFN3O3Si/c1-31(2,29(19-10-6-4-7-11-19)20-12-8-5-9-13-20)40-39-27-17-25(23(33)15-22(27)32)36-30-21-14-28(38-3)26(37)16-24(21)34-18-35-30/h4-18,29,37H,40H2,1-3H3,(H,34,35,36). The van der Waals surface area contributed by atoms with Crippen LogP contribution in [0.5, 0.6) is 17.2 Å². The lowest BCUT2D eigenvalue weighted by Crippen LogP contribution is -2.27. The van der Waals surface area contributed by atoms with E-state index in [0.29, 0.717) is 22.5 Å². The van der Waals surface area contributed by atoms with Crippen molar-refractivity contribution >= 4 is 43.8 Å². The largest absolute Gasteiger partial charge is 0.548 e. The Morgan fingerprint density at radius 1 is 0.925 bits per heavy atom. The zero-order valence-corrected chi connectivity index (χ0v) is 24.5. The molecule has 0 bridgehead atoms. The van der Waals surface area contributed by atoms with Gasteiger partial charge in [-0.15, -0.1) is 0 Å². The number of fused-ring (bicyclic) bond motifs is 1. The lowest BCUT2D eigenvalue weighted by molar-refractivity contribution is 0.374. The highest BCUT2D eigenvalue weighted by Gasteiger charge is 2.34. The predicted octanol–water partition coefficient (Wildman–Crippen LogP) is 7.37. The van der Waals surface area contributed by atoms with Gasteiger partial charge in [-0.25, -0.2) is 14.4 Å². The number of rotatable bonds is 9. The summed E-state index contributed by atoms with van der Waals surface area (Å²) in [6.07, 6.45) is 1.34. The first-order valence-electron chi connectivity index (χ1n) is 12.8. The van der Waals surface area contributed by atoms with Crippen molar-refractivity contribution in [3.63, 3.8) is 0 Å². The second-order valence-corrected chi connectivity index (χ2v) is 13.0. The van der Waals surface area contributed by atoms with Crippen LogP contribution in [0.2, 0.25) is 10.1 Å². The minimum atomic E-state index is -1.27. The number of nitrogens with one attached hydrogen (secondary N) is 1. The third-order valence-corrected chi connectivity index (χ3v) is 8.76. The van der Waals surface area contributed by atoms with E-state index in [1.165, 1.54) is 36.7 Å². The van der Waals surface area contributed by atoms with Crippen LogP contribution < -0.4 is 14.5 Å². The van der Waals surface area contributed by atoms with Crippen molar-refractivity contribution in [3.05, 3.63) is 113 Å². The quantitative estimate of drug-likeness (QED) is 0.179. The average Bonchev–Trinajstić information content (AvgIpc) is 2.94. The van der Waals surface area contributed by atoms with Gasteiger partial charge in [0.25, 0.3) is 0 Å². The van der Waals surface area contributed by atoms with Crippen molar-refractivity contribution in [2.75, 3.05) is 12.4 Å². The number of phenols is 1. The summed E-state index contributed by atoms with van der Waals surface area (Å²) >= 11 is 6.46. The van der Waals surface area contributed by atoms with Crippen LogP contribution in [0, 0.1) is 5.82 Å². The number of nitrogens with zero attached hydrogens (tertiary/aromatic N) is 2. The molecule has 0 spiro atoms. The van der Waals surface area contributed by atoms with Crippen LogP contribution in [-0.4, -0.2) is 31.9 Å². The highest BCUT2D eigenvalue weighted by molar-refractivity contribution is 6.36. The number of phenolic OH excluding ortho intramolecular Hbond substituents is 1. The maximum absolute atomic E-state index is 15.1. The van der Waals surface area contributed by atoms with Crippen molar-refractivity contribution in [1.82, 2.24) is 9.97 Å². The molecule has 0 aliphatic heterocycles. The summed E-state index contributed by atoms with van der Waals surface area (Å²) in [6, 6.07) is 26.6. The molecule has 2 N–H and O–H groups in total. The molecule has 4 aromatic carbocycles. The smallest absolute Gasteiger partial charge is 0.226 e. The lowest BCUT2D eigenvalue weighted by atomic mass is 9.82. The Hall–Kier alpha value is -4.14. The molecule has 204 valence electrons. The van der Waals surface area contributed by atoms with Gasteiger partial charge in [-0.05, 0) is 28.3 Å². The maximum atomic E-state index is 15.1. The number of aromatic hydroxyl groups is 1. The molecule has 40 heavy (non-hydrogen) atoms. The number of hydrogen-bond acceptors (Lipinski definition) is 6. The summed E-state index contributed by atoms with van der Waals surface area (Å²) in [7, 11) is 0.185. The fourth-order valence-electron chi connectivity index (χ4n) is 4.93. The monoisotopic (exact) mass is 573 g/mol. The number of halogens is 2. The second kappa shape index (κ2) is 11.5. The first kappa shape index (κ1) is 27.4. The summed E-state index contributed by atoms with van der Waals surface area (Å²) in [5.74, 6) is 0.509. The molecular weight excluding hydrogens is 545 g/mol. The molecule has 5 rings (SSSR count). The van der Waals surface area contributed by atoms with Crippen molar-refractivity contribution in [3.8, 4) is 17.2 Å². The van der Waals surface area contributed by atoms with E-state index in [0.717, 1.165) is 0 Å². The predicted molar refractivity (Wildman–Crippen MR) is 160 cm³/mol. The van der Waals surface area contributed by atoms with E-state index in [9.17, 15) is 5.11 Å². The minimum absolute atomic E-state index is 0.0510. The molecule has 5 aromatic rings. The summed E-state index contributed by atoms with van der Waals surface area (Å²) in [4.78, 5) is 8.48. The highest BCUT2D eigenvalue weighted by Crippen LogP contribution is 2.46. The van der Waals surface area contributed by atoms with Gasteiger partial charge in [0, 0.05) is 23.4 Å². The van der Waals surface area contributed by atoms with Crippen molar-refractivity contribution < 1.29 is 18.7 Å². The Labute approximate surface area is 239 Å². The third-order valence-electron chi connectivity index (χ3n) is 6.86. The number of aromatic nitrogens is 2. The van der Waals surface area contributed by atoms with Crippen LogP contribution in [0.4, 0.5) is 15.9 Å². The third kappa shape index (κ3) is 5.73. The summed E-state index contributed by atoms with van der Waals surface area (Å²) in [5.41, 5.74) is 3.04. The van der Waals surface area contributed by atoms with E-state index in [4.69, 9.17) is 20.8 Å². The molecule has 1 aromatic heterocycles. The topological polar surface area (TPSA) is 76.5 Å². The van der Waals surface area contributed by atoms with E-state index in [1.54, 1.807) is 12.1 Å². The molecule has 0 saturated carbocycles. The van der Waals surface area contributed by atoms with E-state index in [2.05, 4.69) is 53.4 Å². The van der Waals surface area contributed by atoms with Crippen LogP contribution in [0.25, 0.3) is 10.9 Å². The minimum Gasteiger partial charge on any atom is -0.548 e. The molecule has 0 unspecified atom stereocenters. The Morgan fingerprint density at radius 2 is 1.57 bits per heavy atom. The zero-order chi connectivity index (χ0) is 28.3. The van der Waals surface area contributed by atoms with E-state index < -0.39 is 15.6 Å². The average molecular weight is 574 g/mol. The molecule has 0 amide bonds. The zero-order valence-electron chi connectivity index (χ0n) is 22.4. The van der Waals surface area contributed by atoms with E-state index in [-0.39, 0.29) is 33.2 Å². The van der Waals surface area contributed by atoms with Gasteiger partial charge in [0.15, 0.2) is 11.5 Å². The fraction of sp³-hybridized carbons (Fsp3) is 0.161. The van der Waals surface area contributed by atoms with Crippen molar-refractivity contribution in [1.29, 1.82) is 0 Å². The summed E-state index contributed by atoms with van der Waals surface area (Å²) in [5, 5.41) is 13.7. The Bertz CT molecular complexity index is 1600. The van der Waals surface area contributed by atoms with Crippen molar-refractivity contribution in [2.45, 2.75) is 24.8 Å². The van der Waals surface area contributed by atoms with Gasteiger partial charge >= 0.3 is 0 Å². The second-order valence-electron chi connectivity index (χ2n) is 10.2. The van der Waals surface area contributed by atoms with Gasteiger partial charge < -0.3 is 19.6 Å². The Morgan fingerprint density at radius 3 is 2.20 bits per heavy atom. The van der Waals surface area contributed by atoms with Gasteiger partial charge in [-0.3, -0.25) is 0 Å². The van der Waals surface area contributed by atoms with E-state index >= 15 is 4.39 Å². The summed E-state index contributed by atoms with van der Waals surface area (Å²) < 4.78 is 26.7. The van der Waals surface area contributed by atoms with Crippen LogP contribution in [0.1, 0.15) is 30.9 Å². The van der Waals surface area contributed by atoms with Gasteiger partial charge in [0.05, 0.1) is 23.3 Å². The molecule has 0 aliphatic rings. The Balaban J connectivity index is 1.44. The lowest BCUT2D eigenvalue weighted by Gasteiger charge is -2.35. The highest BCUT2D eigenvalue weighted by atomic mass is 35.5. The van der Waals surface area contributed by atoms with Crippen LogP contribution >= 0.6 is 11.6 Å². The summed E-state index contributed by atoms with van der Waals surface area (Å²) in [6.45, 7) is 4.41.